The molecular formula is C17H15F3N2O4. The lowest BCUT2D eigenvalue weighted by atomic mass is 10.1. The number of hydrogen-bond donors (Lipinski definition) is 0. The van der Waals surface area contributed by atoms with Crippen LogP contribution in [0, 0.1) is 0 Å². The maximum atomic E-state index is 12.6. The summed E-state index contributed by atoms with van der Waals surface area (Å²) in [6.07, 6.45) is -3.25. The van der Waals surface area contributed by atoms with Gasteiger partial charge in [0.2, 0.25) is 12.7 Å². The van der Waals surface area contributed by atoms with Gasteiger partial charge in [0.15, 0.2) is 18.1 Å². The van der Waals surface area contributed by atoms with E-state index in [1.807, 2.05) is 0 Å². The Bertz CT molecular complexity index is 811. The van der Waals surface area contributed by atoms with E-state index in [4.69, 9.17) is 9.47 Å². The smallest absolute Gasteiger partial charge is 0.422 e. The molecule has 0 N–H and O–H groups in total. The number of benzene rings is 1. The van der Waals surface area contributed by atoms with Gasteiger partial charge in [-0.25, -0.2) is 4.98 Å². The summed E-state index contributed by atoms with van der Waals surface area (Å²) in [5, 5.41) is 0. The number of carbonyl (C=O) groups excluding carboxylic acids is 1. The van der Waals surface area contributed by atoms with Crippen LogP contribution in [0.15, 0.2) is 36.5 Å². The maximum absolute atomic E-state index is 12.6. The average molecular weight is 368 g/mol. The van der Waals surface area contributed by atoms with E-state index in [1.165, 1.54) is 30.3 Å². The first kappa shape index (κ1) is 17.8. The Balaban J connectivity index is 1.72. The van der Waals surface area contributed by atoms with E-state index in [9.17, 15) is 18.0 Å². The Morgan fingerprint density at radius 1 is 1.27 bits per heavy atom. The lowest BCUT2D eigenvalue weighted by Crippen LogP contribution is -2.28. The topological polar surface area (TPSA) is 60.9 Å². The van der Waals surface area contributed by atoms with Crippen molar-refractivity contribution < 1.29 is 32.2 Å². The number of pyridine rings is 1. The molecule has 9 heteroatoms. The SMILES string of the molecule is CN(Cc1ccc2c(c1)OCO2)C(=O)c1cccnc1OCC(F)(F)F. The van der Waals surface area contributed by atoms with Crippen molar-refractivity contribution in [1.82, 2.24) is 9.88 Å². The van der Waals surface area contributed by atoms with E-state index < -0.39 is 18.7 Å². The molecule has 6 nitrogen and oxygen atoms in total. The van der Waals surface area contributed by atoms with Gasteiger partial charge >= 0.3 is 6.18 Å². The predicted molar refractivity (Wildman–Crippen MR) is 84.1 cm³/mol. The molecule has 0 unspecified atom stereocenters. The second-order valence-corrected chi connectivity index (χ2v) is 5.61. The van der Waals surface area contributed by atoms with Crippen LogP contribution in [-0.4, -0.2) is 42.4 Å². The van der Waals surface area contributed by atoms with Gasteiger partial charge < -0.3 is 19.1 Å². The van der Waals surface area contributed by atoms with Gasteiger partial charge in [-0.15, -0.1) is 0 Å². The lowest BCUT2D eigenvalue weighted by molar-refractivity contribution is -0.154. The van der Waals surface area contributed by atoms with E-state index in [2.05, 4.69) is 9.72 Å². The molecule has 0 radical (unpaired) electrons. The number of hydrogen-bond acceptors (Lipinski definition) is 5. The Hall–Kier alpha value is -2.97. The van der Waals surface area contributed by atoms with Gasteiger partial charge in [-0.05, 0) is 29.8 Å². The zero-order valence-corrected chi connectivity index (χ0v) is 13.7. The van der Waals surface area contributed by atoms with E-state index in [1.54, 1.807) is 18.2 Å². The van der Waals surface area contributed by atoms with Gasteiger partial charge in [0, 0.05) is 19.8 Å². The highest BCUT2D eigenvalue weighted by molar-refractivity contribution is 5.96. The number of alkyl halides is 3. The quantitative estimate of drug-likeness (QED) is 0.812. The highest BCUT2D eigenvalue weighted by atomic mass is 19.4. The molecule has 1 amide bonds. The maximum Gasteiger partial charge on any atom is 0.422 e. The third-order valence-electron chi connectivity index (χ3n) is 3.58. The van der Waals surface area contributed by atoms with Gasteiger partial charge in [-0.1, -0.05) is 6.07 Å². The highest BCUT2D eigenvalue weighted by Crippen LogP contribution is 2.33. The number of aromatic nitrogens is 1. The largest absolute Gasteiger partial charge is 0.467 e. The third kappa shape index (κ3) is 4.16. The molecule has 26 heavy (non-hydrogen) atoms. The van der Waals surface area contributed by atoms with Crippen LogP contribution in [0.2, 0.25) is 0 Å². The molecule has 3 rings (SSSR count). The normalized spacial score (nSPS) is 12.8. The summed E-state index contributed by atoms with van der Waals surface area (Å²) >= 11 is 0. The molecule has 0 saturated carbocycles. The lowest BCUT2D eigenvalue weighted by Gasteiger charge is -2.19. The summed E-state index contributed by atoms with van der Waals surface area (Å²) in [7, 11) is 1.54. The molecule has 2 heterocycles. The number of carbonyl (C=O) groups is 1. The van der Waals surface area contributed by atoms with Gasteiger partial charge in [0.25, 0.3) is 5.91 Å². The van der Waals surface area contributed by atoms with E-state index in [0.717, 1.165) is 5.56 Å². The molecule has 1 aromatic heterocycles. The Morgan fingerprint density at radius 3 is 2.81 bits per heavy atom. The van der Waals surface area contributed by atoms with Gasteiger partial charge in [-0.2, -0.15) is 13.2 Å². The van der Waals surface area contributed by atoms with Gasteiger partial charge in [-0.3, -0.25) is 4.79 Å². The Labute approximate surface area is 147 Å². The molecule has 1 aromatic carbocycles. The Morgan fingerprint density at radius 2 is 2.04 bits per heavy atom. The van der Waals surface area contributed by atoms with Crippen LogP contribution in [-0.2, 0) is 6.54 Å². The van der Waals surface area contributed by atoms with E-state index >= 15 is 0 Å². The summed E-state index contributed by atoms with van der Waals surface area (Å²) in [6, 6.07) is 8.09. The van der Waals surface area contributed by atoms with Crippen LogP contribution in [0.4, 0.5) is 13.2 Å². The molecule has 0 aliphatic carbocycles. The minimum atomic E-state index is -4.52. The monoisotopic (exact) mass is 368 g/mol. The van der Waals surface area contributed by atoms with Crippen LogP contribution >= 0.6 is 0 Å². The van der Waals surface area contributed by atoms with Crippen LogP contribution in [0.3, 0.4) is 0 Å². The summed E-state index contributed by atoms with van der Waals surface area (Å²) in [5.41, 5.74) is 0.742. The second-order valence-electron chi connectivity index (χ2n) is 5.61. The van der Waals surface area contributed by atoms with Crippen molar-refractivity contribution in [3.63, 3.8) is 0 Å². The highest BCUT2D eigenvalue weighted by Gasteiger charge is 2.30. The number of fused-ring (bicyclic) bond motifs is 1. The average Bonchev–Trinajstić information content (AvgIpc) is 3.06. The summed E-state index contributed by atoms with van der Waals surface area (Å²) < 4.78 is 52.3. The minimum absolute atomic E-state index is 0.0417. The fourth-order valence-electron chi connectivity index (χ4n) is 2.41. The fraction of sp³-hybridized carbons (Fsp3) is 0.294. The van der Waals surface area contributed by atoms with Crippen LogP contribution < -0.4 is 14.2 Å². The molecule has 0 saturated heterocycles. The molecule has 0 spiro atoms. The molecule has 138 valence electrons. The zero-order chi connectivity index (χ0) is 18.7. The first-order valence-corrected chi connectivity index (χ1v) is 7.62. The summed E-state index contributed by atoms with van der Waals surface area (Å²) in [6.45, 7) is -1.15. The molecule has 1 aliphatic heterocycles. The number of amides is 1. The summed E-state index contributed by atoms with van der Waals surface area (Å²) in [5.74, 6) is 0.344. The van der Waals surface area contributed by atoms with Crippen molar-refractivity contribution in [2.24, 2.45) is 0 Å². The molecule has 0 bridgehead atoms. The first-order chi connectivity index (χ1) is 12.3. The summed E-state index contributed by atoms with van der Waals surface area (Å²) in [4.78, 5) is 17.7. The Kier molecular flexibility index (Phi) is 4.88. The van der Waals surface area contributed by atoms with Crippen molar-refractivity contribution in [2.75, 3.05) is 20.4 Å². The van der Waals surface area contributed by atoms with Gasteiger partial charge in [0.1, 0.15) is 5.56 Å². The van der Waals surface area contributed by atoms with Crippen LogP contribution in [0.25, 0.3) is 0 Å². The molecule has 0 fully saturated rings. The van der Waals surface area contributed by atoms with Crippen molar-refractivity contribution in [3.8, 4) is 17.4 Å². The minimum Gasteiger partial charge on any atom is -0.467 e. The molecule has 0 atom stereocenters. The number of rotatable bonds is 5. The van der Waals surface area contributed by atoms with Crippen LogP contribution in [0.1, 0.15) is 15.9 Å². The molecule has 1 aliphatic rings. The first-order valence-electron chi connectivity index (χ1n) is 7.62. The van der Waals surface area contributed by atoms with Crippen molar-refractivity contribution in [3.05, 3.63) is 47.7 Å². The van der Waals surface area contributed by atoms with Crippen LogP contribution in [0.5, 0.6) is 17.4 Å². The standard InChI is InChI=1S/C17H15F3N2O4/c1-22(8-11-4-5-13-14(7-11)26-10-25-13)16(23)12-3-2-6-21-15(12)24-9-17(18,19)20/h2-7H,8-10H2,1H3. The van der Waals surface area contributed by atoms with E-state index in [-0.39, 0.29) is 24.8 Å². The zero-order valence-electron chi connectivity index (χ0n) is 13.7. The number of ether oxygens (including phenoxy) is 3. The molecular weight excluding hydrogens is 353 g/mol. The number of nitrogens with zero attached hydrogens (tertiary/aromatic N) is 2. The fourth-order valence-corrected chi connectivity index (χ4v) is 2.41. The van der Waals surface area contributed by atoms with Crippen molar-refractivity contribution >= 4 is 5.91 Å². The third-order valence-corrected chi connectivity index (χ3v) is 3.58. The molecule has 2 aromatic rings. The second kappa shape index (κ2) is 7.11. The van der Waals surface area contributed by atoms with Crippen molar-refractivity contribution in [1.29, 1.82) is 0 Å². The van der Waals surface area contributed by atoms with Crippen molar-refractivity contribution in [2.45, 2.75) is 12.7 Å². The predicted octanol–water partition coefficient (Wildman–Crippen LogP) is 3.02. The number of halogens is 3. The van der Waals surface area contributed by atoms with E-state index in [0.29, 0.717) is 11.5 Å². The van der Waals surface area contributed by atoms with Gasteiger partial charge in [0.05, 0.1) is 0 Å².